The molecule has 1 atom stereocenters. The maximum Gasteiger partial charge on any atom is 0.0670 e. The quantitative estimate of drug-likeness (QED) is 0.883. The molecule has 0 amide bonds. The molecule has 19 heavy (non-hydrogen) atoms. The Hall–Kier alpha value is -1.06. The molecule has 0 spiro atoms. The van der Waals surface area contributed by atoms with E-state index in [9.17, 15) is 0 Å². The van der Waals surface area contributed by atoms with Gasteiger partial charge in [0.1, 0.15) is 0 Å². The van der Waals surface area contributed by atoms with Crippen LogP contribution in [0, 0.1) is 6.92 Å². The van der Waals surface area contributed by atoms with E-state index in [1.807, 2.05) is 0 Å². The lowest BCUT2D eigenvalue weighted by Crippen LogP contribution is -2.31. The van der Waals surface area contributed by atoms with Crippen molar-refractivity contribution in [3.63, 3.8) is 0 Å². The predicted octanol–water partition coefficient (Wildman–Crippen LogP) is 2.72. The van der Waals surface area contributed by atoms with Crippen LogP contribution in [0.25, 0.3) is 0 Å². The van der Waals surface area contributed by atoms with Crippen LogP contribution in [0.4, 0.5) is 5.69 Å². The van der Waals surface area contributed by atoms with E-state index in [0.29, 0.717) is 12.1 Å². The molecule has 0 saturated carbocycles. The number of nitrogens with one attached hydrogen (secondary N) is 1. The van der Waals surface area contributed by atoms with Crippen LogP contribution < -0.4 is 10.2 Å². The van der Waals surface area contributed by atoms with Crippen LogP contribution in [0.5, 0.6) is 0 Å². The molecular weight excluding hydrogens is 236 g/mol. The lowest BCUT2D eigenvalue weighted by Gasteiger charge is -2.26. The van der Waals surface area contributed by atoms with Crippen LogP contribution in [-0.4, -0.2) is 32.3 Å². The van der Waals surface area contributed by atoms with E-state index in [0.717, 1.165) is 26.2 Å². The number of ether oxygens (including phenoxy) is 1. The first kappa shape index (κ1) is 14.4. The van der Waals surface area contributed by atoms with Gasteiger partial charge >= 0.3 is 0 Å². The minimum Gasteiger partial charge on any atom is -0.379 e. The van der Waals surface area contributed by atoms with E-state index in [2.05, 4.69) is 56.2 Å². The molecule has 106 valence electrons. The lowest BCUT2D eigenvalue weighted by molar-refractivity contribution is 0.193. The molecule has 1 aliphatic rings. The summed E-state index contributed by atoms with van der Waals surface area (Å²) in [7, 11) is 2.17. The number of hydrogen-bond acceptors (Lipinski definition) is 3. The first-order valence-corrected chi connectivity index (χ1v) is 7.21. The van der Waals surface area contributed by atoms with Gasteiger partial charge in [0.25, 0.3) is 0 Å². The van der Waals surface area contributed by atoms with Crippen LogP contribution in [0.3, 0.4) is 0 Å². The van der Waals surface area contributed by atoms with Crippen molar-refractivity contribution in [1.29, 1.82) is 0 Å². The van der Waals surface area contributed by atoms with E-state index in [1.54, 1.807) is 0 Å². The third-order valence-corrected chi connectivity index (χ3v) is 3.89. The molecule has 1 aromatic rings. The third kappa shape index (κ3) is 3.71. The van der Waals surface area contributed by atoms with Crippen molar-refractivity contribution in [3.8, 4) is 0 Å². The summed E-state index contributed by atoms with van der Waals surface area (Å²) in [6.45, 7) is 9.24. The SMILES string of the molecule is Cc1cc(N(C)C2CCOC2)ccc1CNC(C)C. The number of anilines is 1. The van der Waals surface area contributed by atoms with E-state index < -0.39 is 0 Å². The maximum atomic E-state index is 5.47. The van der Waals surface area contributed by atoms with Crippen molar-refractivity contribution >= 4 is 5.69 Å². The normalized spacial score (nSPS) is 19.1. The number of nitrogens with zero attached hydrogens (tertiary/aromatic N) is 1. The Morgan fingerprint density at radius 1 is 1.42 bits per heavy atom. The van der Waals surface area contributed by atoms with Crippen molar-refractivity contribution in [2.75, 3.05) is 25.2 Å². The molecule has 1 aliphatic heterocycles. The Bertz CT molecular complexity index is 411. The van der Waals surface area contributed by atoms with Gasteiger partial charge in [-0.2, -0.15) is 0 Å². The monoisotopic (exact) mass is 262 g/mol. The first-order valence-electron chi connectivity index (χ1n) is 7.21. The highest BCUT2D eigenvalue weighted by atomic mass is 16.5. The molecule has 0 aromatic heterocycles. The van der Waals surface area contributed by atoms with Crippen LogP contribution in [-0.2, 0) is 11.3 Å². The molecule has 0 aliphatic carbocycles. The molecular formula is C16H26N2O. The summed E-state index contributed by atoms with van der Waals surface area (Å²) in [5.74, 6) is 0. The number of likely N-dealkylation sites (N-methyl/N-ethyl adjacent to an activating group) is 1. The number of benzene rings is 1. The molecule has 3 nitrogen and oxygen atoms in total. The molecule has 1 saturated heterocycles. The van der Waals surface area contributed by atoms with Crippen molar-refractivity contribution < 1.29 is 4.74 Å². The van der Waals surface area contributed by atoms with E-state index in [1.165, 1.54) is 16.8 Å². The highest BCUT2D eigenvalue weighted by Crippen LogP contribution is 2.23. The van der Waals surface area contributed by atoms with Gasteiger partial charge in [0.2, 0.25) is 0 Å². The zero-order valence-electron chi connectivity index (χ0n) is 12.6. The Kier molecular flexibility index (Phi) is 4.83. The molecule has 1 N–H and O–H groups in total. The Morgan fingerprint density at radius 2 is 2.21 bits per heavy atom. The largest absolute Gasteiger partial charge is 0.379 e. The molecule has 1 heterocycles. The third-order valence-electron chi connectivity index (χ3n) is 3.89. The van der Waals surface area contributed by atoms with Gasteiger partial charge in [-0.3, -0.25) is 0 Å². The fourth-order valence-electron chi connectivity index (χ4n) is 2.45. The van der Waals surface area contributed by atoms with Gasteiger partial charge in [-0.15, -0.1) is 0 Å². The van der Waals surface area contributed by atoms with Crippen LogP contribution in [0.2, 0.25) is 0 Å². The van der Waals surface area contributed by atoms with Gasteiger partial charge in [0.15, 0.2) is 0 Å². The average molecular weight is 262 g/mol. The highest BCUT2D eigenvalue weighted by molar-refractivity contribution is 5.51. The summed E-state index contributed by atoms with van der Waals surface area (Å²) < 4.78 is 5.47. The Labute approximate surface area is 116 Å². The zero-order valence-corrected chi connectivity index (χ0v) is 12.6. The first-order chi connectivity index (χ1) is 9.08. The fraction of sp³-hybridized carbons (Fsp3) is 0.625. The predicted molar refractivity (Wildman–Crippen MR) is 80.8 cm³/mol. The van der Waals surface area contributed by atoms with Gasteiger partial charge in [-0.1, -0.05) is 19.9 Å². The van der Waals surface area contributed by atoms with Gasteiger partial charge in [0.05, 0.1) is 12.6 Å². The topological polar surface area (TPSA) is 24.5 Å². The number of rotatable bonds is 5. The molecule has 3 heteroatoms. The van der Waals surface area contributed by atoms with Crippen molar-refractivity contribution in [2.24, 2.45) is 0 Å². The molecule has 1 aromatic carbocycles. The van der Waals surface area contributed by atoms with Gasteiger partial charge < -0.3 is 15.0 Å². The maximum absolute atomic E-state index is 5.47. The summed E-state index contributed by atoms with van der Waals surface area (Å²) in [4.78, 5) is 2.35. The number of aryl methyl sites for hydroxylation is 1. The Balaban J connectivity index is 2.05. The summed E-state index contributed by atoms with van der Waals surface area (Å²) >= 11 is 0. The van der Waals surface area contributed by atoms with Gasteiger partial charge in [-0.25, -0.2) is 0 Å². The van der Waals surface area contributed by atoms with Crippen molar-refractivity contribution in [2.45, 2.75) is 45.8 Å². The Morgan fingerprint density at radius 3 is 2.79 bits per heavy atom. The molecule has 0 bridgehead atoms. The minimum absolute atomic E-state index is 0.525. The van der Waals surface area contributed by atoms with Crippen molar-refractivity contribution in [3.05, 3.63) is 29.3 Å². The number of hydrogen-bond donors (Lipinski definition) is 1. The zero-order chi connectivity index (χ0) is 13.8. The summed E-state index contributed by atoms with van der Waals surface area (Å²) in [6, 6.07) is 7.81. The second-order valence-electron chi connectivity index (χ2n) is 5.77. The van der Waals surface area contributed by atoms with Crippen LogP contribution in [0.1, 0.15) is 31.4 Å². The second-order valence-corrected chi connectivity index (χ2v) is 5.77. The molecule has 1 unspecified atom stereocenters. The molecule has 2 rings (SSSR count). The summed E-state index contributed by atoms with van der Waals surface area (Å²) in [5, 5.41) is 3.47. The van der Waals surface area contributed by atoms with Crippen molar-refractivity contribution in [1.82, 2.24) is 5.32 Å². The van der Waals surface area contributed by atoms with Crippen LogP contribution in [0.15, 0.2) is 18.2 Å². The lowest BCUT2D eigenvalue weighted by atomic mass is 10.1. The summed E-state index contributed by atoms with van der Waals surface area (Å²) in [6.07, 6.45) is 1.13. The highest BCUT2D eigenvalue weighted by Gasteiger charge is 2.20. The van der Waals surface area contributed by atoms with E-state index >= 15 is 0 Å². The average Bonchev–Trinajstić information content (AvgIpc) is 2.90. The minimum atomic E-state index is 0.525. The van der Waals surface area contributed by atoms with E-state index in [4.69, 9.17) is 4.74 Å². The molecule has 1 fully saturated rings. The van der Waals surface area contributed by atoms with Gasteiger partial charge in [0, 0.05) is 31.9 Å². The summed E-state index contributed by atoms with van der Waals surface area (Å²) in [5.41, 5.74) is 4.03. The van der Waals surface area contributed by atoms with Gasteiger partial charge in [-0.05, 0) is 36.6 Å². The second kappa shape index (κ2) is 6.40. The smallest absolute Gasteiger partial charge is 0.0670 e. The fourth-order valence-corrected chi connectivity index (χ4v) is 2.45. The molecule has 0 radical (unpaired) electrons. The van der Waals surface area contributed by atoms with E-state index in [-0.39, 0.29) is 0 Å². The standard InChI is InChI=1S/C16H26N2O/c1-12(2)17-10-14-5-6-15(9-13(14)3)18(4)16-7-8-19-11-16/h5-6,9,12,16-17H,7-8,10-11H2,1-4H3. The van der Waals surface area contributed by atoms with Crippen LogP contribution >= 0.6 is 0 Å².